The Labute approximate surface area is 263 Å². The van der Waals surface area contributed by atoms with Crippen molar-refractivity contribution in [3.8, 4) is 5.75 Å². The van der Waals surface area contributed by atoms with E-state index < -0.39 is 21.5 Å². The molecule has 4 atom stereocenters. The Hall–Kier alpha value is -2.92. The maximum absolute atomic E-state index is 13.5. The van der Waals surface area contributed by atoms with Crippen LogP contribution in [0.15, 0.2) is 53.4 Å². The topological polar surface area (TPSA) is 111 Å². The Morgan fingerprint density at radius 2 is 2.02 bits per heavy atom. The van der Waals surface area contributed by atoms with E-state index in [2.05, 4.69) is 15.7 Å². The maximum atomic E-state index is 13.5. The van der Waals surface area contributed by atoms with Gasteiger partial charge in [0.1, 0.15) is 24.2 Å². The molecule has 1 spiro atoms. The highest BCUT2D eigenvalue weighted by atomic mass is 35.5. The van der Waals surface area contributed by atoms with Gasteiger partial charge in [-0.1, -0.05) is 29.8 Å². The summed E-state index contributed by atoms with van der Waals surface area (Å²) in [4.78, 5) is 26.6. The molecule has 2 bridgehead atoms. The minimum Gasteiger partial charge on any atom is -0.490 e. The van der Waals surface area contributed by atoms with E-state index in [0.717, 1.165) is 38.4 Å². The Morgan fingerprint density at radius 3 is 2.80 bits per heavy atom. The molecule has 6 rings (SSSR count). The molecule has 236 valence electrons. The number of halogens is 1. The van der Waals surface area contributed by atoms with E-state index in [-0.39, 0.29) is 41.5 Å². The first-order valence-corrected chi connectivity index (χ1v) is 17.1. The fourth-order valence-electron chi connectivity index (χ4n) is 7.09. The molecule has 9 nitrogen and oxygen atoms in total. The number of nitrogens with one attached hydrogen (secondary N) is 1. The van der Waals surface area contributed by atoms with Gasteiger partial charge >= 0.3 is 0 Å². The van der Waals surface area contributed by atoms with Crippen LogP contribution in [-0.2, 0) is 40.9 Å². The molecule has 2 aliphatic carbocycles. The van der Waals surface area contributed by atoms with Gasteiger partial charge in [-0.3, -0.25) is 4.79 Å². The average molecular weight is 643 g/mol. The number of nitrogens with zero attached hydrogens (tertiary/aromatic N) is 1. The van der Waals surface area contributed by atoms with E-state index in [1.165, 1.54) is 31.0 Å². The molecule has 0 unspecified atom stereocenters. The van der Waals surface area contributed by atoms with Crippen LogP contribution in [0.4, 0.5) is 5.69 Å². The van der Waals surface area contributed by atoms with Crippen LogP contribution in [0, 0.1) is 11.8 Å². The van der Waals surface area contributed by atoms with E-state index in [0.29, 0.717) is 36.2 Å². The van der Waals surface area contributed by atoms with E-state index in [1.54, 1.807) is 18.2 Å². The Balaban J connectivity index is 1.44. The van der Waals surface area contributed by atoms with Gasteiger partial charge in [-0.15, -0.1) is 0 Å². The number of hydrogen-bond acceptors (Lipinski definition) is 8. The molecule has 0 aromatic heterocycles. The average Bonchev–Trinajstić information content (AvgIpc) is 3.12. The third-order valence-electron chi connectivity index (χ3n) is 9.67. The lowest BCUT2D eigenvalue weighted by Gasteiger charge is -2.46. The lowest BCUT2D eigenvalue weighted by Crippen LogP contribution is -2.50. The highest BCUT2D eigenvalue weighted by molar-refractivity contribution is 7.90. The molecule has 2 aliphatic heterocycles. The SMILES string of the molecule is CC1(C)OCC=C[C@H](OCC=O)[C@@H]2CC[C@H]2CN2C[C@@]3(CCCc4cc(Cl)ccc43)COc3ccc(cc32)S(=O)(=O)NC1=O. The zero-order valence-corrected chi connectivity index (χ0v) is 26.7. The number of ether oxygens (including phenoxy) is 3. The standard InChI is InChI=1S/C33H39ClN2O7S/c1-32(2)31(38)35-44(39,40)25-9-12-30-28(18-25)36(19-23-7-10-26(23)29(41-16-14-37)6-4-15-43-32)20-33(21-42-30)13-3-5-22-17-24(34)8-11-27(22)33/h4,6,8-9,11-12,14,17-18,23,26,29H,3,5,7,10,13,15-16,19-21H2,1-2H3,(H,35,38)/t23-,26+,29-,33-/m0/s1. The van der Waals surface area contributed by atoms with Crippen LogP contribution in [0.25, 0.3) is 0 Å². The van der Waals surface area contributed by atoms with Gasteiger partial charge in [0.2, 0.25) is 0 Å². The largest absolute Gasteiger partial charge is 0.490 e. The second kappa shape index (κ2) is 12.1. The van der Waals surface area contributed by atoms with E-state index >= 15 is 0 Å². The van der Waals surface area contributed by atoms with E-state index in [4.69, 9.17) is 25.8 Å². The summed E-state index contributed by atoms with van der Waals surface area (Å²) in [6, 6.07) is 10.9. The Kier molecular flexibility index (Phi) is 8.56. The molecule has 44 heavy (non-hydrogen) atoms. The van der Waals surface area contributed by atoms with Gasteiger partial charge in [0.05, 0.1) is 29.9 Å². The van der Waals surface area contributed by atoms with Gasteiger partial charge < -0.3 is 23.9 Å². The number of rotatable bonds is 3. The third kappa shape index (κ3) is 6.01. The normalized spacial score (nSPS) is 29.3. The zero-order valence-electron chi connectivity index (χ0n) is 25.1. The molecule has 4 aliphatic rings. The second-order valence-corrected chi connectivity index (χ2v) is 15.0. The summed E-state index contributed by atoms with van der Waals surface area (Å²) in [5, 5.41) is 0.709. The fraction of sp³-hybridized carbons (Fsp3) is 0.515. The first-order chi connectivity index (χ1) is 21.0. The van der Waals surface area contributed by atoms with Gasteiger partial charge in [-0.2, -0.15) is 0 Å². The molecule has 2 heterocycles. The van der Waals surface area contributed by atoms with Crippen molar-refractivity contribution in [2.24, 2.45) is 11.8 Å². The van der Waals surface area contributed by atoms with Crippen molar-refractivity contribution < 1.29 is 32.2 Å². The molecule has 2 aromatic carbocycles. The highest BCUT2D eigenvalue weighted by Crippen LogP contribution is 2.47. The van der Waals surface area contributed by atoms with Crippen LogP contribution in [0.1, 0.15) is 50.7 Å². The van der Waals surface area contributed by atoms with Crippen LogP contribution in [0.3, 0.4) is 0 Å². The number of aryl methyl sites for hydroxylation is 1. The third-order valence-corrected chi connectivity index (χ3v) is 11.2. The van der Waals surface area contributed by atoms with Crippen LogP contribution in [0.2, 0.25) is 5.02 Å². The number of sulfonamides is 1. The minimum atomic E-state index is -4.21. The maximum Gasteiger partial charge on any atom is 0.265 e. The Morgan fingerprint density at radius 1 is 1.18 bits per heavy atom. The predicted molar refractivity (Wildman–Crippen MR) is 167 cm³/mol. The smallest absolute Gasteiger partial charge is 0.265 e. The molecule has 2 aromatic rings. The van der Waals surface area contributed by atoms with Gasteiger partial charge in [-0.05, 0) is 99.2 Å². The van der Waals surface area contributed by atoms with E-state index in [1.807, 2.05) is 18.2 Å². The zero-order chi connectivity index (χ0) is 31.1. The number of amides is 1. The number of hydrogen-bond donors (Lipinski definition) is 1. The van der Waals surface area contributed by atoms with Crippen LogP contribution in [-0.4, -0.2) is 65.2 Å². The molecule has 11 heteroatoms. The summed E-state index contributed by atoms with van der Waals surface area (Å²) in [5.74, 6) is 0.217. The summed E-state index contributed by atoms with van der Waals surface area (Å²) < 4.78 is 47.5. The van der Waals surface area contributed by atoms with Crippen LogP contribution in [0.5, 0.6) is 5.75 Å². The van der Waals surface area contributed by atoms with Crippen LogP contribution >= 0.6 is 11.6 Å². The number of anilines is 1. The molecule has 1 fully saturated rings. The number of aldehydes is 1. The molecular weight excluding hydrogens is 604 g/mol. The van der Waals surface area contributed by atoms with Gasteiger partial charge in [0.25, 0.3) is 15.9 Å². The summed E-state index contributed by atoms with van der Waals surface area (Å²) in [6.07, 6.45) is 8.90. The van der Waals surface area contributed by atoms with Crippen molar-refractivity contribution in [2.75, 3.05) is 37.8 Å². The summed E-state index contributed by atoms with van der Waals surface area (Å²) in [6.45, 7) is 4.84. The van der Waals surface area contributed by atoms with Crippen molar-refractivity contribution in [1.29, 1.82) is 0 Å². The van der Waals surface area contributed by atoms with Gasteiger partial charge in [0.15, 0.2) is 0 Å². The summed E-state index contributed by atoms with van der Waals surface area (Å²) in [7, 11) is -4.21. The predicted octanol–water partition coefficient (Wildman–Crippen LogP) is 4.59. The van der Waals surface area contributed by atoms with Crippen molar-refractivity contribution in [3.63, 3.8) is 0 Å². The first kappa shape index (κ1) is 31.1. The number of carbonyl (C=O) groups excluding carboxylic acids is 2. The molecule has 1 saturated carbocycles. The number of fused-ring (bicyclic) bond motifs is 4. The lowest BCUT2D eigenvalue weighted by atomic mass is 9.68. The van der Waals surface area contributed by atoms with Crippen molar-refractivity contribution in [1.82, 2.24) is 4.72 Å². The summed E-state index contributed by atoms with van der Waals surface area (Å²) >= 11 is 6.39. The quantitative estimate of drug-likeness (QED) is 0.382. The van der Waals surface area contributed by atoms with E-state index in [9.17, 15) is 18.0 Å². The van der Waals surface area contributed by atoms with Crippen molar-refractivity contribution in [2.45, 2.75) is 68.0 Å². The molecule has 1 amide bonds. The minimum absolute atomic E-state index is 0.0168. The monoisotopic (exact) mass is 642 g/mol. The Bertz CT molecular complexity index is 1580. The summed E-state index contributed by atoms with van der Waals surface area (Å²) in [5.41, 5.74) is 1.37. The fourth-order valence-corrected chi connectivity index (χ4v) is 8.40. The number of benzene rings is 2. The van der Waals surface area contributed by atoms with Crippen molar-refractivity contribution >= 4 is 39.5 Å². The lowest BCUT2D eigenvalue weighted by molar-refractivity contribution is -0.139. The first-order valence-electron chi connectivity index (χ1n) is 15.3. The van der Waals surface area contributed by atoms with Crippen molar-refractivity contribution in [3.05, 3.63) is 64.7 Å². The number of carbonyl (C=O) groups is 2. The van der Waals surface area contributed by atoms with Crippen LogP contribution < -0.4 is 14.4 Å². The molecular formula is C33H39ClN2O7S. The molecule has 0 radical (unpaired) electrons. The molecule has 1 N–H and O–H groups in total. The van der Waals surface area contributed by atoms with Gasteiger partial charge in [-0.25, -0.2) is 13.1 Å². The second-order valence-electron chi connectivity index (χ2n) is 12.9. The molecule has 0 saturated heterocycles. The highest BCUT2D eigenvalue weighted by Gasteiger charge is 2.45. The van der Waals surface area contributed by atoms with Gasteiger partial charge in [0, 0.05) is 23.5 Å².